The lowest BCUT2D eigenvalue weighted by Crippen LogP contribution is -2.41. The molecule has 2 aromatic carbocycles. The number of aromatic nitrogens is 2. The average molecular weight is 455 g/mol. The summed E-state index contributed by atoms with van der Waals surface area (Å²) in [5.74, 6) is 0.601. The molecule has 0 saturated carbocycles. The molecule has 0 aliphatic carbocycles. The summed E-state index contributed by atoms with van der Waals surface area (Å²) in [6.07, 6.45) is 5.21. The summed E-state index contributed by atoms with van der Waals surface area (Å²) >= 11 is 0. The molecule has 0 spiro atoms. The van der Waals surface area contributed by atoms with Gasteiger partial charge >= 0.3 is 0 Å². The largest absolute Gasteiger partial charge is 0.487 e. The number of likely N-dealkylation sites (tertiary alicyclic amines) is 1. The molecule has 0 bridgehead atoms. The molecule has 1 saturated heterocycles. The zero-order valence-electron chi connectivity index (χ0n) is 18.8. The van der Waals surface area contributed by atoms with Crippen LogP contribution >= 0.6 is 0 Å². The number of carbonyl (C=O) groups excluding carboxylic acids is 2. The Morgan fingerprint density at radius 1 is 0.941 bits per heavy atom. The monoisotopic (exact) mass is 454 g/mol. The number of nitrogens with one attached hydrogen (secondary N) is 1. The fourth-order valence-electron chi connectivity index (χ4n) is 4.20. The Hall–Kier alpha value is -4.13. The zero-order chi connectivity index (χ0) is 23.3. The average Bonchev–Trinajstić information content (AvgIpc) is 3.31. The van der Waals surface area contributed by atoms with Gasteiger partial charge in [0.15, 0.2) is 0 Å². The molecule has 4 aromatic rings. The van der Waals surface area contributed by atoms with Gasteiger partial charge in [-0.3, -0.25) is 9.59 Å². The van der Waals surface area contributed by atoms with Crippen molar-refractivity contribution in [2.75, 3.05) is 18.4 Å². The molecule has 2 aromatic heterocycles. The van der Waals surface area contributed by atoms with Crippen LogP contribution in [0.5, 0.6) is 5.75 Å². The van der Waals surface area contributed by atoms with Crippen LogP contribution in [0.1, 0.15) is 28.9 Å². The molecule has 5 rings (SSSR count). The third-order valence-corrected chi connectivity index (χ3v) is 6.10. The van der Waals surface area contributed by atoms with E-state index in [4.69, 9.17) is 4.74 Å². The number of fused-ring (bicyclic) bond motifs is 1. The van der Waals surface area contributed by atoms with Gasteiger partial charge in [0.1, 0.15) is 18.0 Å². The van der Waals surface area contributed by atoms with Gasteiger partial charge in [0, 0.05) is 42.7 Å². The van der Waals surface area contributed by atoms with Gasteiger partial charge in [0.2, 0.25) is 5.91 Å². The SMILES string of the molecule is O=C(Nc1ccccc1)C1CCN(C(=O)c2ccc(OCc3cn4ccccc4n3)cc2)CC1. The van der Waals surface area contributed by atoms with Crippen molar-refractivity contribution in [3.8, 4) is 5.75 Å². The van der Waals surface area contributed by atoms with E-state index in [1.165, 1.54) is 0 Å². The van der Waals surface area contributed by atoms with Gasteiger partial charge in [0.05, 0.1) is 5.69 Å². The summed E-state index contributed by atoms with van der Waals surface area (Å²) in [5, 5.41) is 2.96. The number of imidazole rings is 1. The van der Waals surface area contributed by atoms with E-state index in [1.807, 2.05) is 82.4 Å². The smallest absolute Gasteiger partial charge is 0.253 e. The number of nitrogens with zero attached hydrogens (tertiary/aromatic N) is 3. The Morgan fingerprint density at radius 3 is 2.41 bits per heavy atom. The molecule has 1 aliphatic heterocycles. The number of pyridine rings is 1. The van der Waals surface area contributed by atoms with Crippen LogP contribution < -0.4 is 10.1 Å². The Bertz CT molecular complexity index is 1240. The predicted octanol–water partition coefficient (Wildman–Crippen LogP) is 4.40. The molecule has 2 amide bonds. The second kappa shape index (κ2) is 9.79. The van der Waals surface area contributed by atoms with E-state index in [-0.39, 0.29) is 17.7 Å². The first-order chi connectivity index (χ1) is 16.7. The van der Waals surface area contributed by atoms with Crippen LogP contribution in [0, 0.1) is 5.92 Å². The summed E-state index contributed by atoms with van der Waals surface area (Å²) in [6.45, 7) is 1.49. The van der Waals surface area contributed by atoms with Crippen molar-refractivity contribution in [2.45, 2.75) is 19.4 Å². The minimum Gasteiger partial charge on any atom is -0.487 e. The lowest BCUT2D eigenvalue weighted by molar-refractivity contribution is -0.121. The highest BCUT2D eigenvalue weighted by atomic mass is 16.5. The number of piperidine rings is 1. The number of ether oxygens (including phenoxy) is 1. The molecule has 0 unspecified atom stereocenters. The molecule has 1 N–H and O–H groups in total. The van der Waals surface area contributed by atoms with Crippen molar-refractivity contribution in [2.24, 2.45) is 5.92 Å². The molecule has 0 atom stereocenters. The fraction of sp³-hybridized carbons (Fsp3) is 0.222. The first kappa shape index (κ1) is 21.7. The summed E-state index contributed by atoms with van der Waals surface area (Å²) in [6, 6.07) is 22.5. The number of rotatable bonds is 6. The van der Waals surface area contributed by atoms with Crippen LogP contribution in [-0.4, -0.2) is 39.2 Å². The molecule has 1 aliphatic rings. The first-order valence-corrected chi connectivity index (χ1v) is 11.5. The summed E-state index contributed by atoms with van der Waals surface area (Å²) in [4.78, 5) is 31.8. The van der Waals surface area contributed by atoms with E-state index in [0.29, 0.717) is 43.9 Å². The number of amides is 2. The second-order valence-electron chi connectivity index (χ2n) is 8.43. The normalized spacial score (nSPS) is 14.2. The van der Waals surface area contributed by atoms with Crippen molar-refractivity contribution >= 4 is 23.1 Å². The van der Waals surface area contributed by atoms with Gasteiger partial charge in [-0.2, -0.15) is 0 Å². The topological polar surface area (TPSA) is 75.9 Å². The molecule has 1 fully saturated rings. The molecule has 34 heavy (non-hydrogen) atoms. The van der Waals surface area contributed by atoms with Gasteiger partial charge in [-0.1, -0.05) is 24.3 Å². The maximum Gasteiger partial charge on any atom is 0.253 e. The number of hydrogen-bond acceptors (Lipinski definition) is 4. The molecular formula is C27H26N4O3. The highest BCUT2D eigenvalue weighted by Gasteiger charge is 2.28. The Kier molecular flexibility index (Phi) is 6.25. The lowest BCUT2D eigenvalue weighted by Gasteiger charge is -2.31. The van der Waals surface area contributed by atoms with Gasteiger partial charge in [-0.15, -0.1) is 0 Å². The van der Waals surface area contributed by atoms with Crippen molar-refractivity contribution in [1.29, 1.82) is 0 Å². The summed E-state index contributed by atoms with van der Waals surface area (Å²) < 4.78 is 7.80. The van der Waals surface area contributed by atoms with Crippen LogP contribution in [0.25, 0.3) is 5.65 Å². The third kappa shape index (κ3) is 4.93. The molecule has 0 radical (unpaired) electrons. The second-order valence-corrected chi connectivity index (χ2v) is 8.43. The standard InChI is InChI=1S/C27H26N4O3/c32-26(29-22-6-2-1-3-7-22)20-13-16-30(17-14-20)27(33)21-9-11-24(12-10-21)34-19-23-18-31-15-5-4-8-25(31)28-23/h1-12,15,18,20H,13-14,16-17,19H2,(H,29,32). The molecule has 7 heteroatoms. The van der Waals surface area contributed by atoms with E-state index >= 15 is 0 Å². The number of para-hydroxylation sites is 1. The Balaban J connectivity index is 1.12. The van der Waals surface area contributed by atoms with Gasteiger partial charge in [-0.05, 0) is 61.4 Å². The van der Waals surface area contributed by atoms with Crippen LogP contribution in [0.4, 0.5) is 5.69 Å². The minimum atomic E-state index is -0.0837. The molecular weight excluding hydrogens is 428 g/mol. The number of benzene rings is 2. The Morgan fingerprint density at radius 2 is 1.68 bits per heavy atom. The van der Waals surface area contributed by atoms with Crippen molar-refractivity contribution in [3.05, 3.63) is 96.4 Å². The molecule has 7 nitrogen and oxygen atoms in total. The number of anilines is 1. The quantitative estimate of drug-likeness (QED) is 0.468. The van der Waals surface area contributed by atoms with Crippen LogP contribution in [0.15, 0.2) is 85.2 Å². The highest BCUT2D eigenvalue weighted by molar-refractivity contribution is 5.95. The number of carbonyl (C=O) groups is 2. The summed E-state index contributed by atoms with van der Waals surface area (Å²) in [5.41, 5.74) is 3.13. The lowest BCUT2D eigenvalue weighted by atomic mass is 9.95. The first-order valence-electron chi connectivity index (χ1n) is 11.5. The Labute approximate surface area is 198 Å². The molecule has 172 valence electrons. The fourth-order valence-corrected chi connectivity index (χ4v) is 4.20. The van der Waals surface area contributed by atoms with E-state index in [9.17, 15) is 9.59 Å². The van der Waals surface area contributed by atoms with Gasteiger partial charge < -0.3 is 19.4 Å². The minimum absolute atomic E-state index is 0.0189. The van der Waals surface area contributed by atoms with E-state index < -0.39 is 0 Å². The van der Waals surface area contributed by atoms with Crippen LogP contribution in [0.3, 0.4) is 0 Å². The van der Waals surface area contributed by atoms with Gasteiger partial charge in [0.25, 0.3) is 5.91 Å². The zero-order valence-corrected chi connectivity index (χ0v) is 18.8. The van der Waals surface area contributed by atoms with Gasteiger partial charge in [-0.25, -0.2) is 4.98 Å². The van der Waals surface area contributed by atoms with Crippen molar-refractivity contribution in [3.63, 3.8) is 0 Å². The predicted molar refractivity (Wildman–Crippen MR) is 130 cm³/mol. The summed E-state index contributed by atoms with van der Waals surface area (Å²) in [7, 11) is 0. The van der Waals surface area contributed by atoms with Crippen molar-refractivity contribution < 1.29 is 14.3 Å². The van der Waals surface area contributed by atoms with E-state index in [1.54, 1.807) is 12.1 Å². The third-order valence-electron chi connectivity index (χ3n) is 6.10. The number of hydrogen-bond donors (Lipinski definition) is 1. The van der Waals surface area contributed by atoms with E-state index in [2.05, 4.69) is 10.3 Å². The van der Waals surface area contributed by atoms with E-state index in [0.717, 1.165) is 17.0 Å². The van der Waals surface area contributed by atoms with Crippen LogP contribution in [-0.2, 0) is 11.4 Å². The van der Waals surface area contributed by atoms with Crippen LogP contribution in [0.2, 0.25) is 0 Å². The maximum absolute atomic E-state index is 12.9. The van der Waals surface area contributed by atoms with Crippen molar-refractivity contribution in [1.82, 2.24) is 14.3 Å². The highest BCUT2D eigenvalue weighted by Crippen LogP contribution is 2.22. The molecule has 3 heterocycles. The maximum atomic E-state index is 12.9.